The van der Waals surface area contributed by atoms with Crippen molar-refractivity contribution < 1.29 is 33.4 Å². The van der Waals surface area contributed by atoms with E-state index in [0.29, 0.717) is 6.21 Å². The van der Waals surface area contributed by atoms with Gasteiger partial charge in [-0.3, -0.25) is 14.6 Å². The zero-order chi connectivity index (χ0) is 19.7. The maximum atomic E-state index is 12.9. The number of nitrogens with zero attached hydrogens (tertiary/aromatic N) is 3. The van der Waals surface area contributed by atoms with Crippen molar-refractivity contribution in [3.8, 4) is 0 Å². The Hall–Kier alpha value is -2.97. The number of aliphatic hydroxyl groups excluding tert-OH is 1. The Kier molecular flexibility index (Phi) is 8.20. The maximum Gasteiger partial charge on any atom is 0.328 e. The molecule has 0 aliphatic heterocycles. The maximum absolute atomic E-state index is 12.9. The molecule has 0 unspecified atom stereocenters. The molecule has 0 saturated heterocycles. The van der Waals surface area contributed by atoms with Gasteiger partial charge in [-0.25, -0.2) is 9.18 Å². The number of pyridine rings is 1. The van der Waals surface area contributed by atoms with Crippen LogP contribution >= 0.6 is 0 Å². The fourth-order valence-electron chi connectivity index (χ4n) is 1.91. The highest BCUT2D eigenvalue weighted by Gasteiger charge is 2.28. The topological polar surface area (TPSA) is 142 Å². The third-order valence-corrected chi connectivity index (χ3v) is 3.11. The third kappa shape index (κ3) is 6.88. The van der Waals surface area contributed by atoms with Gasteiger partial charge in [-0.2, -0.15) is 4.79 Å². The number of aliphatic hydroxyl groups is 1. The lowest BCUT2D eigenvalue weighted by atomic mass is 10.1. The van der Waals surface area contributed by atoms with Gasteiger partial charge in [0.25, 0.3) is 5.91 Å². The molecule has 1 aromatic heterocycles. The molecule has 0 bridgehead atoms. The number of carbonyl (C=O) groups is 3. The molecule has 0 fully saturated rings. The number of ketones is 1. The summed E-state index contributed by atoms with van der Waals surface area (Å²) < 4.78 is 17.9. The molecule has 1 aromatic rings. The second-order valence-corrected chi connectivity index (χ2v) is 5.60. The fraction of sp³-hybridized carbons (Fsp3) is 0.438. The first-order valence-corrected chi connectivity index (χ1v) is 7.75. The summed E-state index contributed by atoms with van der Waals surface area (Å²) in [5.41, 5.74) is 8.21. The Bertz CT molecular complexity index is 701. The zero-order valence-corrected chi connectivity index (χ0v) is 14.3. The Morgan fingerprint density at radius 3 is 2.65 bits per heavy atom. The zero-order valence-electron chi connectivity index (χ0n) is 14.3. The third-order valence-electron chi connectivity index (χ3n) is 3.11. The minimum atomic E-state index is -1.74. The number of hydrogen-bond acceptors (Lipinski definition) is 6. The highest BCUT2D eigenvalue weighted by molar-refractivity contribution is 6.25. The molecule has 2 atom stereocenters. The number of ether oxygens (including phenoxy) is 1. The number of hydrogen-bond donors (Lipinski definition) is 2. The van der Waals surface area contributed by atoms with Crippen molar-refractivity contribution in [1.82, 2.24) is 10.3 Å². The standard InChI is InChI=1S/C16H19FN4O5/c1-9(2)26-16(25)13(6-4-11(22)8-20-18)21-15(24)14(23)12-5-3-10(17)7-19-12/h3,5,7-9,13-14,23H,4,6H2,1-2H3,(H,21,24)/t13-,14+/m0/s1. The van der Waals surface area contributed by atoms with Crippen LogP contribution in [0.5, 0.6) is 0 Å². The van der Waals surface area contributed by atoms with Crippen LogP contribution < -0.4 is 5.32 Å². The van der Waals surface area contributed by atoms with Gasteiger partial charge in [-0.05, 0) is 32.4 Å². The lowest BCUT2D eigenvalue weighted by molar-refractivity contribution is -0.152. The van der Waals surface area contributed by atoms with Crippen LogP contribution in [0.15, 0.2) is 18.3 Å². The van der Waals surface area contributed by atoms with Crippen LogP contribution in [0.1, 0.15) is 38.5 Å². The van der Waals surface area contributed by atoms with E-state index in [2.05, 4.69) is 15.1 Å². The Morgan fingerprint density at radius 1 is 1.42 bits per heavy atom. The molecule has 1 heterocycles. The van der Waals surface area contributed by atoms with Crippen LogP contribution in [0.4, 0.5) is 4.39 Å². The van der Waals surface area contributed by atoms with Crippen molar-refractivity contribution in [3.05, 3.63) is 35.4 Å². The largest absolute Gasteiger partial charge is 0.461 e. The first kappa shape index (κ1) is 21.1. The predicted octanol–water partition coefficient (Wildman–Crippen LogP) is 0.340. The van der Waals surface area contributed by atoms with Gasteiger partial charge >= 0.3 is 12.2 Å². The minimum absolute atomic E-state index is 0.108. The van der Waals surface area contributed by atoms with Gasteiger partial charge in [0.2, 0.25) is 5.78 Å². The van der Waals surface area contributed by atoms with Crippen LogP contribution in [-0.4, -0.2) is 50.9 Å². The second-order valence-electron chi connectivity index (χ2n) is 5.60. The molecule has 0 aromatic carbocycles. The summed E-state index contributed by atoms with van der Waals surface area (Å²) in [5, 5.41) is 12.3. The SMILES string of the molecule is CC(C)OC(=O)[C@H](CCC(=O)C=[N+]=[N-])NC(=O)[C@H](O)c1ccc(F)cn1. The monoisotopic (exact) mass is 366 g/mol. The van der Waals surface area contributed by atoms with E-state index >= 15 is 0 Å². The number of nitrogens with one attached hydrogen (secondary N) is 1. The van der Waals surface area contributed by atoms with Gasteiger partial charge in [-0.1, -0.05) is 0 Å². The fourth-order valence-corrected chi connectivity index (χ4v) is 1.91. The first-order valence-electron chi connectivity index (χ1n) is 7.75. The summed E-state index contributed by atoms with van der Waals surface area (Å²) in [5.74, 6) is -2.95. The molecule has 1 rings (SSSR count). The highest BCUT2D eigenvalue weighted by atomic mass is 19.1. The van der Waals surface area contributed by atoms with Gasteiger partial charge in [-0.15, -0.1) is 0 Å². The smallest absolute Gasteiger partial charge is 0.328 e. The number of aromatic nitrogens is 1. The van der Waals surface area contributed by atoms with Crippen molar-refractivity contribution in [2.24, 2.45) is 0 Å². The lowest BCUT2D eigenvalue weighted by Crippen LogP contribution is -2.45. The van der Waals surface area contributed by atoms with Crippen LogP contribution in [0, 0.1) is 5.82 Å². The van der Waals surface area contributed by atoms with E-state index in [1.54, 1.807) is 13.8 Å². The van der Waals surface area contributed by atoms with E-state index in [9.17, 15) is 23.9 Å². The molecule has 140 valence electrons. The van der Waals surface area contributed by atoms with E-state index < -0.39 is 41.7 Å². The first-order chi connectivity index (χ1) is 12.2. The summed E-state index contributed by atoms with van der Waals surface area (Å²) in [6, 6.07) is 0.939. The molecule has 1 amide bonds. The molecule has 0 aliphatic carbocycles. The van der Waals surface area contributed by atoms with E-state index in [1.165, 1.54) is 0 Å². The predicted molar refractivity (Wildman–Crippen MR) is 86.2 cm³/mol. The molecular weight excluding hydrogens is 347 g/mol. The minimum Gasteiger partial charge on any atom is -0.461 e. The molecule has 0 radical (unpaired) electrons. The highest BCUT2D eigenvalue weighted by Crippen LogP contribution is 2.12. The molecule has 10 heteroatoms. The molecule has 0 saturated carbocycles. The van der Waals surface area contributed by atoms with Gasteiger partial charge in [0.15, 0.2) is 6.10 Å². The van der Waals surface area contributed by atoms with E-state index in [4.69, 9.17) is 10.3 Å². The van der Waals surface area contributed by atoms with Crippen LogP contribution in [0.3, 0.4) is 0 Å². The summed E-state index contributed by atoms with van der Waals surface area (Å²) in [7, 11) is 0. The number of amides is 1. The van der Waals surface area contributed by atoms with Crippen molar-refractivity contribution in [1.29, 1.82) is 0 Å². The van der Waals surface area contributed by atoms with Crippen LogP contribution in [0.25, 0.3) is 5.53 Å². The van der Waals surface area contributed by atoms with E-state index in [0.717, 1.165) is 18.3 Å². The molecule has 9 nitrogen and oxygen atoms in total. The number of esters is 1. The summed E-state index contributed by atoms with van der Waals surface area (Å²) in [6.07, 6.45) is -1.02. The molecule has 0 spiro atoms. The lowest BCUT2D eigenvalue weighted by Gasteiger charge is -2.20. The number of Topliss-reactive ketones (excluding diaryl/α,β-unsaturated/α-hetero) is 1. The molecule has 26 heavy (non-hydrogen) atoms. The number of halogens is 1. The Morgan fingerprint density at radius 2 is 2.12 bits per heavy atom. The van der Waals surface area contributed by atoms with Crippen molar-refractivity contribution in [2.45, 2.75) is 44.9 Å². The van der Waals surface area contributed by atoms with Crippen molar-refractivity contribution in [3.63, 3.8) is 0 Å². The van der Waals surface area contributed by atoms with Crippen molar-refractivity contribution in [2.75, 3.05) is 0 Å². The van der Waals surface area contributed by atoms with E-state index in [1.807, 2.05) is 0 Å². The van der Waals surface area contributed by atoms with Gasteiger partial charge in [0.1, 0.15) is 11.9 Å². The van der Waals surface area contributed by atoms with Crippen LogP contribution in [-0.2, 0) is 19.1 Å². The Labute approximate surface area is 148 Å². The number of rotatable bonds is 9. The van der Waals surface area contributed by atoms with Gasteiger partial charge in [0.05, 0.1) is 18.0 Å². The van der Waals surface area contributed by atoms with Crippen molar-refractivity contribution >= 4 is 23.9 Å². The quantitative estimate of drug-likeness (QED) is 0.279. The van der Waals surface area contributed by atoms with E-state index in [-0.39, 0.29) is 18.5 Å². The van der Waals surface area contributed by atoms with Gasteiger partial charge < -0.3 is 20.7 Å². The summed E-state index contributed by atoms with van der Waals surface area (Å²) in [4.78, 5) is 41.8. The van der Waals surface area contributed by atoms with Gasteiger partial charge in [0, 0.05) is 6.42 Å². The summed E-state index contributed by atoms with van der Waals surface area (Å²) >= 11 is 0. The number of carbonyl (C=O) groups excluding carboxylic acids is 3. The summed E-state index contributed by atoms with van der Waals surface area (Å²) in [6.45, 7) is 3.22. The molecule has 2 N–H and O–H groups in total. The Balaban J connectivity index is 2.83. The average molecular weight is 366 g/mol. The molecule has 0 aliphatic rings. The average Bonchev–Trinajstić information content (AvgIpc) is 2.58. The van der Waals surface area contributed by atoms with Crippen LogP contribution in [0.2, 0.25) is 0 Å². The molecular formula is C16H19FN4O5. The normalized spacial score (nSPS) is 12.7. The second kappa shape index (κ2) is 10.1.